The molecule has 0 saturated carbocycles. The summed E-state index contributed by atoms with van der Waals surface area (Å²) in [5.41, 5.74) is 7.19. The van der Waals surface area contributed by atoms with Gasteiger partial charge in [-0.1, -0.05) is 0 Å². The van der Waals surface area contributed by atoms with Crippen molar-refractivity contribution in [2.75, 3.05) is 69.8 Å². The number of likely N-dealkylation sites (tertiary alicyclic amines) is 1. The van der Waals surface area contributed by atoms with Gasteiger partial charge in [-0.05, 0) is 43.4 Å². The van der Waals surface area contributed by atoms with Gasteiger partial charge in [-0.2, -0.15) is 15.2 Å². The molecule has 4 aromatic rings. The molecule has 52 heavy (non-hydrogen) atoms. The first-order chi connectivity index (χ1) is 25.3. The van der Waals surface area contributed by atoms with Crippen molar-refractivity contribution in [1.82, 2.24) is 24.8 Å². The summed E-state index contributed by atoms with van der Waals surface area (Å²) in [7, 11) is 0. The van der Waals surface area contributed by atoms with Crippen LogP contribution < -0.4 is 15.4 Å². The van der Waals surface area contributed by atoms with Crippen LogP contribution >= 0.6 is 11.3 Å². The van der Waals surface area contributed by atoms with E-state index in [1.807, 2.05) is 0 Å². The molecule has 8 heterocycles. The van der Waals surface area contributed by atoms with Gasteiger partial charge >= 0.3 is 6.01 Å². The van der Waals surface area contributed by atoms with Gasteiger partial charge in [0.25, 0.3) is 0 Å². The van der Waals surface area contributed by atoms with E-state index in [1.54, 1.807) is 0 Å². The summed E-state index contributed by atoms with van der Waals surface area (Å²) in [6, 6.07) is 2.23. The number of nitrogen functional groups attached to an aromatic ring is 1. The number of hydrogen-bond donors (Lipinski definition) is 2. The third-order valence-corrected chi connectivity index (χ3v) is 12.7. The van der Waals surface area contributed by atoms with E-state index >= 15 is 8.78 Å². The molecular weight excluding hydrogens is 698 g/mol. The third-order valence-electron chi connectivity index (χ3n) is 11.6. The van der Waals surface area contributed by atoms with Crippen molar-refractivity contribution in [1.29, 1.82) is 5.26 Å². The van der Waals surface area contributed by atoms with E-state index in [4.69, 9.17) is 35.0 Å². The second-order valence-corrected chi connectivity index (χ2v) is 15.6. The van der Waals surface area contributed by atoms with Crippen LogP contribution in [0.3, 0.4) is 0 Å². The monoisotopic (exact) mass is 736 g/mol. The Hall–Kier alpha value is -3.85. The van der Waals surface area contributed by atoms with Crippen LogP contribution in [-0.2, 0) is 22.7 Å². The number of benzene rings is 1. The maximum absolute atomic E-state index is 17.5. The minimum atomic E-state index is -0.940. The number of hydrogen-bond acceptors (Lipinski definition) is 13. The van der Waals surface area contributed by atoms with Crippen LogP contribution in [0.5, 0.6) is 6.01 Å². The van der Waals surface area contributed by atoms with Crippen LogP contribution in [0.25, 0.3) is 32.2 Å². The molecule has 4 atom stereocenters. The lowest BCUT2D eigenvalue weighted by Crippen LogP contribution is -2.54. The van der Waals surface area contributed by atoms with Gasteiger partial charge < -0.3 is 30.0 Å². The molecule has 5 aliphatic heterocycles. The van der Waals surface area contributed by atoms with Crippen molar-refractivity contribution in [3.8, 4) is 23.3 Å². The van der Waals surface area contributed by atoms with Gasteiger partial charge in [-0.15, -0.1) is 11.3 Å². The van der Waals surface area contributed by atoms with Gasteiger partial charge in [0.15, 0.2) is 11.6 Å². The molecule has 2 bridgehead atoms. The summed E-state index contributed by atoms with van der Waals surface area (Å²) in [6.07, 6.45) is 4.03. The minimum Gasteiger partial charge on any atom is -0.461 e. The number of aromatic nitrogens is 3. The molecule has 3 aromatic heterocycles. The second-order valence-electron chi connectivity index (χ2n) is 14.6. The number of fused-ring (bicyclic) bond motifs is 7. The molecule has 2 unspecified atom stereocenters. The molecule has 12 nitrogen and oxygen atoms in total. The van der Waals surface area contributed by atoms with Crippen LogP contribution in [0, 0.1) is 23.0 Å². The maximum atomic E-state index is 17.5. The molecule has 4 saturated heterocycles. The zero-order valence-corrected chi connectivity index (χ0v) is 29.4. The molecule has 3 N–H and O–H groups in total. The Bertz CT molecular complexity index is 2100. The molecule has 4 fully saturated rings. The van der Waals surface area contributed by atoms with Gasteiger partial charge in [0, 0.05) is 55.6 Å². The number of nitrogens with zero attached hydrogens (tertiary/aromatic N) is 7. The first-order valence-corrected chi connectivity index (χ1v) is 18.7. The normalized spacial score (nSPS) is 25.8. The molecule has 274 valence electrons. The lowest BCUT2D eigenvalue weighted by Gasteiger charge is -2.42. The molecule has 0 radical (unpaired) electrons. The predicted molar refractivity (Wildman–Crippen MR) is 188 cm³/mol. The topological polar surface area (TPSA) is 146 Å². The maximum Gasteiger partial charge on any atom is 0.319 e. The molecule has 9 rings (SSSR count). The summed E-state index contributed by atoms with van der Waals surface area (Å²) in [5, 5.41) is 19.9. The number of nitrogens with two attached hydrogens (primary N) is 1. The zero-order valence-electron chi connectivity index (χ0n) is 28.5. The molecule has 0 amide bonds. The van der Waals surface area contributed by atoms with Crippen LogP contribution in [0.15, 0.2) is 6.20 Å². The molecule has 16 heteroatoms. The fraction of sp³-hybridized carbons (Fsp3) is 0.556. The number of anilines is 2. The average molecular weight is 737 g/mol. The van der Waals surface area contributed by atoms with Crippen molar-refractivity contribution in [2.24, 2.45) is 0 Å². The van der Waals surface area contributed by atoms with E-state index in [2.05, 4.69) is 25.8 Å². The molecule has 0 spiro atoms. The number of aliphatic hydroxyl groups is 1. The number of thiophene rings is 1. The number of nitriles is 1. The van der Waals surface area contributed by atoms with Crippen molar-refractivity contribution >= 4 is 43.1 Å². The Morgan fingerprint density at radius 3 is 2.71 bits per heavy atom. The van der Waals surface area contributed by atoms with Crippen molar-refractivity contribution in [2.45, 2.75) is 69.1 Å². The Morgan fingerprint density at radius 2 is 1.92 bits per heavy atom. The number of halogens is 3. The fourth-order valence-corrected chi connectivity index (χ4v) is 10.3. The number of pyridine rings is 1. The number of piperazine rings is 1. The Labute approximate surface area is 301 Å². The number of ether oxygens (including phenoxy) is 3. The van der Waals surface area contributed by atoms with Gasteiger partial charge in [-0.25, -0.2) is 13.2 Å². The highest BCUT2D eigenvalue weighted by Gasteiger charge is 2.50. The summed E-state index contributed by atoms with van der Waals surface area (Å²) < 4.78 is 65.3. The second kappa shape index (κ2) is 13.2. The van der Waals surface area contributed by atoms with E-state index in [0.717, 1.165) is 69.4 Å². The summed E-state index contributed by atoms with van der Waals surface area (Å²) in [5.74, 6) is -0.774. The predicted octanol–water partition coefficient (Wildman–Crippen LogP) is 4.29. The van der Waals surface area contributed by atoms with Crippen LogP contribution in [-0.4, -0.2) is 113 Å². The quantitative estimate of drug-likeness (QED) is 0.224. The lowest BCUT2D eigenvalue weighted by atomic mass is 9.93. The van der Waals surface area contributed by atoms with Gasteiger partial charge in [0.05, 0.1) is 66.1 Å². The Balaban J connectivity index is 1.19. The summed E-state index contributed by atoms with van der Waals surface area (Å²) in [6.45, 7) is 4.62. The molecule has 5 aliphatic rings. The fourth-order valence-electron chi connectivity index (χ4n) is 9.40. The van der Waals surface area contributed by atoms with Gasteiger partial charge in [0.2, 0.25) is 0 Å². The lowest BCUT2D eigenvalue weighted by molar-refractivity contribution is 0.0686. The number of rotatable bonds is 10. The summed E-state index contributed by atoms with van der Waals surface area (Å²) in [4.78, 5) is 20.9. The standard InChI is InChI=1S/C36H39F3N8O4S/c37-19-10-36(4-1-5-46(36)13-19)18-51-35-43-31-28(34(44-35)47-20-2-3-21(47)15-45(14-20)6-8-49-9-7-48)24-17-50-16-23(24)26(29(31)39)30-27-22(11-40)33(41)52-32(27)25(38)12-42-30/h12,19-21,48H,1-10,13-18,41H2/t19-,20?,21?,36+/m1/s1. The molecule has 0 aliphatic carbocycles. The number of aliphatic hydroxyl groups excluding tert-OH is 1. The SMILES string of the molecule is N#Cc1c(N)sc2c(F)cnc(-c3c4c(c5c(N6C7CCC6CN(CCOCCO)C7)nc(OC[C@@]67CCCN6C[C@H](F)C7)nc5c3F)COC4)c12. The van der Waals surface area contributed by atoms with Crippen molar-refractivity contribution in [3.63, 3.8) is 0 Å². The highest BCUT2D eigenvalue weighted by atomic mass is 32.1. The Morgan fingerprint density at radius 1 is 1.12 bits per heavy atom. The van der Waals surface area contributed by atoms with Crippen molar-refractivity contribution < 1.29 is 32.5 Å². The van der Waals surface area contributed by atoms with Crippen LogP contribution in [0.4, 0.5) is 24.0 Å². The highest BCUT2D eigenvalue weighted by molar-refractivity contribution is 7.23. The summed E-state index contributed by atoms with van der Waals surface area (Å²) >= 11 is 0.926. The largest absolute Gasteiger partial charge is 0.461 e. The van der Waals surface area contributed by atoms with Crippen LogP contribution in [0.2, 0.25) is 0 Å². The van der Waals surface area contributed by atoms with E-state index in [9.17, 15) is 9.65 Å². The molecule has 1 aromatic carbocycles. The van der Waals surface area contributed by atoms with Crippen LogP contribution in [0.1, 0.15) is 48.8 Å². The van der Waals surface area contributed by atoms with Gasteiger partial charge in [0.1, 0.15) is 35.2 Å². The van der Waals surface area contributed by atoms with Gasteiger partial charge in [-0.3, -0.25) is 14.8 Å². The highest BCUT2D eigenvalue weighted by Crippen LogP contribution is 2.48. The number of alkyl halides is 1. The zero-order chi connectivity index (χ0) is 35.7. The van der Waals surface area contributed by atoms with E-state index < -0.39 is 23.3 Å². The molecular formula is C36H39F3N8O4S. The smallest absolute Gasteiger partial charge is 0.319 e. The third kappa shape index (κ3) is 5.39. The Kier molecular flexibility index (Phi) is 8.63. The first kappa shape index (κ1) is 34.0. The van der Waals surface area contributed by atoms with E-state index in [0.29, 0.717) is 48.5 Å². The first-order valence-electron chi connectivity index (χ1n) is 17.9. The average Bonchev–Trinajstić information content (AvgIpc) is 3.94. The minimum absolute atomic E-state index is 0.00341. The van der Waals surface area contributed by atoms with E-state index in [1.165, 1.54) is 0 Å². The van der Waals surface area contributed by atoms with E-state index in [-0.39, 0.29) is 81.9 Å². The van der Waals surface area contributed by atoms with Crippen molar-refractivity contribution in [3.05, 3.63) is 34.5 Å².